The van der Waals surface area contributed by atoms with Gasteiger partial charge in [-0.1, -0.05) is 42.5 Å². The molecule has 2 heterocycles. The number of hydrogen-bond acceptors (Lipinski definition) is 2. The second kappa shape index (κ2) is 6.14. The van der Waals surface area contributed by atoms with Crippen LogP contribution in [-0.4, -0.2) is 29.8 Å². The highest BCUT2D eigenvalue weighted by Crippen LogP contribution is 2.33. The number of amides is 1. The fraction of sp³-hybridized carbons (Fsp3) is 0.350. The summed E-state index contributed by atoms with van der Waals surface area (Å²) in [5.74, 6) is -2.93. The predicted molar refractivity (Wildman–Crippen MR) is 92.8 cm³/mol. The summed E-state index contributed by atoms with van der Waals surface area (Å²) in [5.41, 5.74) is 4.43. The van der Waals surface area contributed by atoms with E-state index in [9.17, 15) is 13.6 Å². The van der Waals surface area contributed by atoms with E-state index >= 15 is 0 Å². The highest BCUT2D eigenvalue weighted by molar-refractivity contribution is 5.80. The number of carbonyl (C=O) groups excluding carboxylic acids is 1. The number of nitrogens with zero attached hydrogens (tertiary/aromatic N) is 1. The molecule has 5 heteroatoms. The van der Waals surface area contributed by atoms with Crippen LogP contribution in [0.3, 0.4) is 0 Å². The van der Waals surface area contributed by atoms with Crippen LogP contribution in [0.1, 0.15) is 29.2 Å². The molecule has 0 spiro atoms. The van der Waals surface area contributed by atoms with Gasteiger partial charge in [0.1, 0.15) is 0 Å². The average molecular weight is 342 g/mol. The number of nitrogens with one attached hydrogen (secondary N) is 1. The number of hydrogen-bond donors (Lipinski definition) is 1. The first-order valence-corrected chi connectivity index (χ1v) is 8.59. The average Bonchev–Trinajstić information content (AvgIpc) is 2.60. The van der Waals surface area contributed by atoms with Crippen molar-refractivity contribution in [3.8, 4) is 0 Å². The van der Waals surface area contributed by atoms with Crippen molar-refractivity contribution < 1.29 is 13.6 Å². The molecule has 1 unspecified atom stereocenters. The fourth-order valence-electron chi connectivity index (χ4n) is 3.57. The lowest BCUT2D eigenvalue weighted by Crippen LogP contribution is -2.58. The number of likely N-dealkylation sites (tertiary alicyclic amines) is 1. The van der Waals surface area contributed by atoms with Crippen LogP contribution in [0.5, 0.6) is 0 Å². The molecule has 1 fully saturated rings. The summed E-state index contributed by atoms with van der Waals surface area (Å²) in [7, 11) is 0. The van der Waals surface area contributed by atoms with E-state index < -0.39 is 19.0 Å². The van der Waals surface area contributed by atoms with E-state index in [0.29, 0.717) is 6.04 Å². The monoisotopic (exact) mass is 342 g/mol. The lowest BCUT2D eigenvalue weighted by molar-refractivity contribution is -0.165. The third-order valence-corrected chi connectivity index (χ3v) is 4.96. The first-order valence-electron chi connectivity index (χ1n) is 8.59. The molecule has 0 bridgehead atoms. The largest absolute Gasteiger partial charge is 0.378 e. The van der Waals surface area contributed by atoms with Crippen LogP contribution in [0.15, 0.2) is 48.5 Å². The summed E-state index contributed by atoms with van der Waals surface area (Å²) in [6.45, 7) is -0.895. The third kappa shape index (κ3) is 3.36. The number of aryl methyl sites for hydroxylation is 1. The SMILES string of the molecule is O=C(Cc1ccc2c(c1)CCC(c1ccccc1)N2)N1CC(F)(F)C1. The van der Waals surface area contributed by atoms with Gasteiger partial charge in [-0.3, -0.25) is 4.79 Å². The Bertz CT molecular complexity index is 784. The van der Waals surface area contributed by atoms with E-state index in [2.05, 4.69) is 17.4 Å². The summed E-state index contributed by atoms with van der Waals surface area (Å²) in [5, 5.41) is 3.56. The quantitative estimate of drug-likeness (QED) is 0.920. The standard InChI is InChI=1S/C20H20F2N2O/c21-20(22)12-24(13-20)19(25)11-14-6-8-18-16(10-14)7-9-17(23-18)15-4-2-1-3-5-15/h1-6,8,10,17,23H,7,9,11-13H2. The van der Waals surface area contributed by atoms with Crippen molar-refractivity contribution in [2.45, 2.75) is 31.2 Å². The zero-order valence-electron chi connectivity index (χ0n) is 13.8. The summed E-state index contributed by atoms with van der Waals surface area (Å²) in [6.07, 6.45) is 2.12. The Balaban J connectivity index is 1.42. The molecule has 1 saturated heterocycles. The zero-order chi connectivity index (χ0) is 17.4. The van der Waals surface area contributed by atoms with Crippen LogP contribution in [0.25, 0.3) is 0 Å². The first-order chi connectivity index (χ1) is 12.0. The molecular formula is C20H20F2N2O. The Hall–Kier alpha value is -2.43. The number of fused-ring (bicyclic) bond motifs is 1. The predicted octanol–water partition coefficient (Wildman–Crippen LogP) is 3.81. The van der Waals surface area contributed by atoms with Gasteiger partial charge >= 0.3 is 0 Å². The fourth-order valence-corrected chi connectivity index (χ4v) is 3.57. The molecule has 0 radical (unpaired) electrons. The summed E-state index contributed by atoms with van der Waals surface area (Å²) >= 11 is 0. The molecule has 2 aliphatic heterocycles. The minimum Gasteiger partial charge on any atom is -0.378 e. The van der Waals surface area contributed by atoms with Crippen molar-refractivity contribution in [3.63, 3.8) is 0 Å². The minimum absolute atomic E-state index is 0.186. The molecule has 1 amide bonds. The molecule has 130 valence electrons. The third-order valence-electron chi connectivity index (χ3n) is 4.96. The van der Waals surface area contributed by atoms with Crippen LogP contribution in [0, 0.1) is 0 Å². The Kier molecular flexibility index (Phi) is 3.94. The van der Waals surface area contributed by atoms with Gasteiger partial charge in [0.15, 0.2) is 0 Å². The molecule has 4 rings (SSSR count). The topological polar surface area (TPSA) is 32.3 Å². The van der Waals surface area contributed by atoms with Crippen LogP contribution in [-0.2, 0) is 17.6 Å². The van der Waals surface area contributed by atoms with Crippen molar-refractivity contribution in [1.82, 2.24) is 4.90 Å². The second-order valence-electron chi connectivity index (χ2n) is 6.92. The maximum atomic E-state index is 12.9. The normalized spacial score (nSPS) is 21.0. The molecule has 0 aliphatic carbocycles. The van der Waals surface area contributed by atoms with Gasteiger partial charge in [-0.2, -0.15) is 0 Å². The molecule has 1 N–H and O–H groups in total. The van der Waals surface area contributed by atoms with E-state index in [-0.39, 0.29) is 12.3 Å². The van der Waals surface area contributed by atoms with Crippen LogP contribution >= 0.6 is 0 Å². The van der Waals surface area contributed by atoms with Gasteiger partial charge in [-0.25, -0.2) is 8.78 Å². The van der Waals surface area contributed by atoms with E-state index in [1.54, 1.807) is 0 Å². The van der Waals surface area contributed by atoms with Crippen LogP contribution in [0.4, 0.5) is 14.5 Å². The molecule has 2 aromatic rings. The van der Waals surface area contributed by atoms with Gasteiger partial charge in [0.25, 0.3) is 5.92 Å². The van der Waals surface area contributed by atoms with Gasteiger partial charge in [-0.15, -0.1) is 0 Å². The van der Waals surface area contributed by atoms with Crippen LogP contribution in [0.2, 0.25) is 0 Å². The van der Waals surface area contributed by atoms with Gasteiger partial charge in [-0.05, 0) is 35.6 Å². The molecule has 3 nitrogen and oxygen atoms in total. The molecular weight excluding hydrogens is 322 g/mol. The summed E-state index contributed by atoms with van der Waals surface area (Å²) < 4.78 is 25.8. The number of alkyl halides is 2. The number of benzene rings is 2. The van der Waals surface area contributed by atoms with Gasteiger partial charge < -0.3 is 10.2 Å². The van der Waals surface area contributed by atoms with Crippen molar-refractivity contribution >= 4 is 11.6 Å². The molecule has 2 aromatic carbocycles. The van der Waals surface area contributed by atoms with Crippen molar-refractivity contribution in [2.75, 3.05) is 18.4 Å². The number of halogens is 2. The Labute approximate surface area is 145 Å². The van der Waals surface area contributed by atoms with Gasteiger partial charge in [0.2, 0.25) is 5.91 Å². The van der Waals surface area contributed by atoms with Crippen molar-refractivity contribution in [3.05, 3.63) is 65.2 Å². The minimum atomic E-state index is -2.71. The molecule has 0 saturated carbocycles. The smallest absolute Gasteiger partial charge is 0.282 e. The van der Waals surface area contributed by atoms with Crippen LogP contribution < -0.4 is 5.32 Å². The van der Waals surface area contributed by atoms with E-state index in [4.69, 9.17) is 0 Å². The highest BCUT2D eigenvalue weighted by atomic mass is 19.3. The maximum absolute atomic E-state index is 12.9. The maximum Gasteiger partial charge on any atom is 0.282 e. The summed E-state index contributed by atoms with van der Waals surface area (Å²) in [6, 6.07) is 16.6. The second-order valence-corrected chi connectivity index (χ2v) is 6.92. The first kappa shape index (κ1) is 16.1. The van der Waals surface area contributed by atoms with Gasteiger partial charge in [0, 0.05) is 5.69 Å². The lowest BCUT2D eigenvalue weighted by atomic mass is 9.92. The van der Waals surface area contributed by atoms with Gasteiger partial charge in [0.05, 0.1) is 25.6 Å². The Morgan fingerprint density at radius 3 is 2.64 bits per heavy atom. The molecule has 1 atom stereocenters. The van der Waals surface area contributed by atoms with Crippen molar-refractivity contribution in [2.24, 2.45) is 0 Å². The molecule has 25 heavy (non-hydrogen) atoms. The van der Waals surface area contributed by atoms with E-state index in [1.807, 2.05) is 36.4 Å². The Morgan fingerprint density at radius 1 is 1.16 bits per heavy atom. The zero-order valence-corrected chi connectivity index (χ0v) is 13.8. The lowest BCUT2D eigenvalue weighted by Gasteiger charge is -2.38. The number of rotatable bonds is 3. The van der Waals surface area contributed by atoms with Crippen molar-refractivity contribution in [1.29, 1.82) is 0 Å². The summed E-state index contributed by atoms with van der Waals surface area (Å²) in [4.78, 5) is 13.3. The molecule has 0 aromatic heterocycles. The van der Waals surface area contributed by atoms with E-state index in [1.165, 1.54) is 16.0 Å². The van der Waals surface area contributed by atoms with E-state index in [0.717, 1.165) is 24.1 Å². The highest BCUT2D eigenvalue weighted by Gasteiger charge is 2.45. The number of anilines is 1. The number of carbonyl (C=O) groups is 1. The Morgan fingerprint density at radius 2 is 1.92 bits per heavy atom. The molecule has 2 aliphatic rings.